The molecule has 2 aliphatic heterocycles. The Hall–Kier alpha value is -0.290. The van der Waals surface area contributed by atoms with Crippen LogP contribution in [0.25, 0.3) is 0 Å². The fourth-order valence-corrected chi connectivity index (χ4v) is 3.82. The maximum atomic E-state index is 4.37. The molecular weight excluding hydrogens is 319 g/mol. The van der Waals surface area contributed by atoms with Gasteiger partial charge in [-0.05, 0) is 70.6 Å². The van der Waals surface area contributed by atoms with Crippen LogP contribution in [0.15, 0.2) is 12.4 Å². The molecule has 4 nitrogen and oxygen atoms in total. The van der Waals surface area contributed by atoms with E-state index < -0.39 is 0 Å². The van der Waals surface area contributed by atoms with E-state index in [1.165, 1.54) is 57.4 Å². The second kappa shape index (κ2) is 9.76. The van der Waals surface area contributed by atoms with Crippen molar-refractivity contribution in [2.75, 3.05) is 26.2 Å². The monoisotopic (exact) mass is 348 g/mol. The van der Waals surface area contributed by atoms with Crippen molar-refractivity contribution in [2.45, 2.75) is 45.7 Å². The summed E-state index contributed by atoms with van der Waals surface area (Å²) in [6.07, 6.45) is 9.81. The van der Waals surface area contributed by atoms with E-state index in [-0.39, 0.29) is 24.8 Å². The van der Waals surface area contributed by atoms with Gasteiger partial charge in [0.15, 0.2) is 0 Å². The number of nitrogens with zero attached hydrogens (tertiary/aromatic N) is 3. The van der Waals surface area contributed by atoms with Crippen LogP contribution in [0.5, 0.6) is 0 Å². The van der Waals surface area contributed by atoms with E-state index in [4.69, 9.17) is 0 Å². The summed E-state index contributed by atoms with van der Waals surface area (Å²) in [6, 6.07) is 0. The summed E-state index contributed by atoms with van der Waals surface area (Å²) in [5, 5.41) is 7.86. The van der Waals surface area contributed by atoms with Crippen LogP contribution in [-0.4, -0.2) is 40.9 Å². The molecule has 1 aromatic rings. The van der Waals surface area contributed by atoms with Gasteiger partial charge >= 0.3 is 0 Å². The third kappa shape index (κ3) is 5.12. The maximum absolute atomic E-state index is 4.37. The minimum absolute atomic E-state index is 0. The number of aromatic nitrogens is 2. The first-order valence-electron chi connectivity index (χ1n) is 8.29. The van der Waals surface area contributed by atoms with Gasteiger partial charge in [-0.15, -0.1) is 24.8 Å². The molecule has 0 aliphatic carbocycles. The van der Waals surface area contributed by atoms with Gasteiger partial charge in [-0.25, -0.2) is 0 Å². The Labute approximate surface area is 146 Å². The van der Waals surface area contributed by atoms with Crippen LogP contribution in [0.4, 0.5) is 0 Å². The van der Waals surface area contributed by atoms with Gasteiger partial charge in [0.2, 0.25) is 0 Å². The van der Waals surface area contributed by atoms with Crippen molar-refractivity contribution in [1.82, 2.24) is 20.0 Å². The van der Waals surface area contributed by atoms with Gasteiger partial charge in [0.1, 0.15) is 0 Å². The van der Waals surface area contributed by atoms with Crippen molar-refractivity contribution >= 4 is 24.8 Å². The molecule has 0 radical (unpaired) electrons. The van der Waals surface area contributed by atoms with Crippen LogP contribution in [0.3, 0.4) is 0 Å². The quantitative estimate of drug-likeness (QED) is 0.907. The van der Waals surface area contributed by atoms with Crippen molar-refractivity contribution in [1.29, 1.82) is 0 Å². The molecule has 2 saturated heterocycles. The first-order chi connectivity index (χ1) is 9.85. The van der Waals surface area contributed by atoms with E-state index in [1.54, 1.807) is 0 Å². The maximum Gasteiger partial charge on any atom is 0.0534 e. The predicted molar refractivity (Wildman–Crippen MR) is 96.0 cm³/mol. The van der Waals surface area contributed by atoms with Crippen LogP contribution in [0.1, 0.15) is 38.2 Å². The number of aryl methyl sites for hydroxylation is 1. The molecule has 0 aromatic carbocycles. The SMILES string of the molecule is CCn1cc(CN2CCC(C3CCNCC3)CC2)cn1.Cl.Cl. The van der Waals surface area contributed by atoms with Crippen LogP contribution in [0.2, 0.25) is 0 Å². The Balaban J connectivity index is 0.00000121. The van der Waals surface area contributed by atoms with Gasteiger partial charge in [-0.1, -0.05) is 0 Å². The van der Waals surface area contributed by atoms with E-state index in [0.717, 1.165) is 24.9 Å². The van der Waals surface area contributed by atoms with Crippen LogP contribution in [0, 0.1) is 11.8 Å². The van der Waals surface area contributed by atoms with Crippen molar-refractivity contribution < 1.29 is 0 Å². The predicted octanol–water partition coefficient (Wildman–Crippen LogP) is 2.96. The highest BCUT2D eigenvalue weighted by atomic mass is 35.5. The highest BCUT2D eigenvalue weighted by molar-refractivity contribution is 5.85. The van der Waals surface area contributed by atoms with Gasteiger partial charge in [0.25, 0.3) is 0 Å². The molecule has 128 valence electrons. The summed E-state index contributed by atoms with van der Waals surface area (Å²) in [7, 11) is 0. The number of piperidine rings is 2. The molecule has 2 fully saturated rings. The number of halogens is 2. The molecule has 2 aliphatic rings. The van der Waals surface area contributed by atoms with Gasteiger partial charge in [0.05, 0.1) is 6.20 Å². The molecule has 6 heteroatoms. The zero-order valence-corrected chi connectivity index (χ0v) is 15.2. The van der Waals surface area contributed by atoms with Crippen molar-refractivity contribution in [3.05, 3.63) is 18.0 Å². The van der Waals surface area contributed by atoms with Crippen LogP contribution >= 0.6 is 24.8 Å². The average Bonchev–Trinajstić information content (AvgIpc) is 2.97. The Kier molecular flexibility index (Phi) is 8.77. The van der Waals surface area contributed by atoms with Gasteiger partial charge in [-0.3, -0.25) is 9.58 Å². The summed E-state index contributed by atoms with van der Waals surface area (Å²) in [5.41, 5.74) is 1.37. The fourth-order valence-electron chi connectivity index (χ4n) is 3.82. The number of nitrogens with one attached hydrogen (secondary N) is 1. The molecular formula is C16H30Cl2N4. The molecule has 0 bridgehead atoms. The second-order valence-corrected chi connectivity index (χ2v) is 6.41. The normalized spacial score (nSPS) is 21.1. The third-order valence-electron chi connectivity index (χ3n) is 5.10. The summed E-state index contributed by atoms with van der Waals surface area (Å²) in [6.45, 7) is 9.21. The lowest BCUT2D eigenvalue weighted by atomic mass is 9.79. The smallest absolute Gasteiger partial charge is 0.0534 e. The number of rotatable bonds is 4. The van der Waals surface area contributed by atoms with Crippen LogP contribution < -0.4 is 5.32 Å². The topological polar surface area (TPSA) is 33.1 Å². The zero-order valence-electron chi connectivity index (χ0n) is 13.5. The van der Waals surface area contributed by atoms with Gasteiger partial charge < -0.3 is 5.32 Å². The fraction of sp³-hybridized carbons (Fsp3) is 0.812. The van der Waals surface area contributed by atoms with Gasteiger partial charge in [-0.2, -0.15) is 5.10 Å². The summed E-state index contributed by atoms with van der Waals surface area (Å²) >= 11 is 0. The average molecular weight is 349 g/mol. The lowest BCUT2D eigenvalue weighted by Crippen LogP contribution is -2.39. The summed E-state index contributed by atoms with van der Waals surface area (Å²) in [4.78, 5) is 2.61. The van der Waals surface area contributed by atoms with Crippen molar-refractivity contribution in [2.24, 2.45) is 11.8 Å². The van der Waals surface area contributed by atoms with E-state index in [2.05, 4.69) is 28.4 Å². The van der Waals surface area contributed by atoms with Crippen LogP contribution in [-0.2, 0) is 13.1 Å². The second-order valence-electron chi connectivity index (χ2n) is 6.41. The minimum Gasteiger partial charge on any atom is -0.317 e. The molecule has 1 aromatic heterocycles. The Morgan fingerprint density at radius 2 is 1.73 bits per heavy atom. The molecule has 1 N–H and O–H groups in total. The van der Waals surface area contributed by atoms with E-state index in [0.29, 0.717) is 0 Å². The zero-order chi connectivity index (χ0) is 13.8. The Bertz CT molecular complexity index is 410. The summed E-state index contributed by atoms with van der Waals surface area (Å²) < 4.78 is 2.02. The molecule has 0 saturated carbocycles. The van der Waals surface area contributed by atoms with Gasteiger partial charge in [0, 0.05) is 24.8 Å². The van der Waals surface area contributed by atoms with Crippen molar-refractivity contribution in [3.63, 3.8) is 0 Å². The lowest BCUT2D eigenvalue weighted by Gasteiger charge is -2.37. The number of likely N-dealkylation sites (tertiary alicyclic amines) is 1. The molecule has 0 unspecified atom stereocenters. The minimum atomic E-state index is 0. The Morgan fingerprint density at radius 1 is 1.09 bits per heavy atom. The lowest BCUT2D eigenvalue weighted by molar-refractivity contribution is 0.126. The largest absolute Gasteiger partial charge is 0.317 e. The first kappa shape index (κ1) is 19.8. The number of hydrogen-bond donors (Lipinski definition) is 1. The highest BCUT2D eigenvalue weighted by Crippen LogP contribution is 2.31. The highest BCUT2D eigenvalue weighted by Gasteiger charge is 2.27. The summed E-state index contributed by atoms with van der Waals surface area (Å²) in [5.74, 6) is 1.97. The molecule has 3 rings (SSSR count). The molecule has 0 amide bonds. The first-order valence-corrected chi connectivity index (χ1v) is 8.29. The molecule has 0 atom stereocenters. The van der Waals surface area contributed by atoms with E-state index in [9.17, 15) is 0 Å². The standard InChI is InChI=1S/C16H28N4.2ClH/c1-2-20-13-14(11-18-20)12-19-9-5-16(6-10-19)15-3-7-17-8-4-15;;/h11,13,15-17H,2-10,12H2,1H3;2*1H. The third-order valence-corrected chi connectivity index (χ3v) is 5.10. The van der Waals surface area contributed by atoms with E-state index in [1.807, 2.05) is 10.9 Å². The Morgan fingerprint density at radius 3 is 2.32 bits per heavy atom. The molecule has 22 heavy (non-hydrogen) atoms. The molecule has 3 heterocycles. The number of hydrogen-bond acceptors (Lipinski definition) is 3. The van der Waals surface area contributed by atoms with Crippen molar-refractivity contribution in [3.8, 4) is 0 Å². The van der Waals surface area contributed by atoms with E-state index >= 15 is 0 Å². The molecule has 0 spiro atoms.